The van der Waals surface area contributed by atoms with Crippen LogP contribution in [-0.4, -0.2) is 18.3 Å². The van der Waals surface area contributed by atoms with Crippen molar-refractivity contribution >= 4 is 29.0 Å². The number of carbonyl (C=O) groups is 1. The van der Waals surface area contributed by atoms with Gasteiger partial charge in [0.1, 0.15) is 5.75 Å². The maximum Gasteiger partial charge on any atom is 0.234 e. The number of para-hydroxylation sites is 2. The second kappa shape index (κ2) is 8.34. The van der Waals surface area contributed by atoms with Gasteiger partial charge in [0.25, 0.3) is 0 Å². The fourth-order valence-corrected chi connectivity index (χ4v) is 2.70. The number of carbonyl (C=O) groups excluding carboxylic acids is 1. The molecule has 22 heavy (non-hydrogen) atoms. The number of hydrogen-bond acceptors (Lipinski definition) is 4. The minimum absolute atomic E-state index is 0.0346. The molecule has 0 bridgehead atoms. The molecule has 0 unspecified atom stereocenters. The van der Waals surface area contributed by atoms with E-state index in [-0.39, 0.29) is 5.91 Å². The molecule has 0 aliphatic rings. The van der Waals surface area contributed by atoms with Crippen molar-refractivity contribution in [1.82, 2.24) is 0 Å². The van der Waals surface area contributed by atoms with Gasteiger partial charge < -0.3 is 15.8 Å². The fraction of sp³-hybridized carbons (Fsp3) is 0.235. The Kier molecular flexibility index (Phi) is 6.15. The summed E-state index contributed by atoms with van der Waals surface area (Å²) in [7, 11) is 0. The molecule has 4 nitrogen and oxygen atoms in total. The molecular weight excluding hydrogens is 296 g/mol. The molecule has 0 radical (unpaired) electrons. The number of anilines is 2. The van der Waals surface area contributed by atoms with E-state index in [1.165, 1.54) is 0 Å². The smallest absolute Gasteiger partial charge is 0.234 e. The summed E-state index contributed by atoms with van der Waals surface area (Å²) in [5.74, 6) is 1.83. The highest BCUT2D eigenvalue weighted by molar-refractivity contribution is 7.99. The van der Waals surface area contributed by atoms with Crippen molar-refractivity contribution in [1.29, 1.82) is 0 Å². The summed E-state index contributed by atoms with van der Waals surface area (Å²) in [5, 5.41) is 2.89. The van der Waals surface area contributed by atoms with E-state index in [9.17, 15) is 4.79 Å². The van der Waals surface area contributed by atoms with Gasteiger partial charge in [0.15, 0.2) is 0 Å². The highest BCUT2D eigenvalue weighted by Gasteiger charge is 2.07. The quantitative estimate of drug-likeness (QED) is 0.767. The molecule has 0 saturated carbocycles. The van der Waals surface area contributed by atoms with Gasteiger partial charge in [0, 0.05) is 11.4 Å². The lowest BCUT2D eigenvalue weighted by Gasteiger charge is -2.11. The van der Waals surface area contributed by atoms with Gasteiger partial charge in [-0.15, -0.1) is 11.8 Å². The Morgan fingerprint density at radius 1 is 1.18 bits per heavy atom. The third kappa shape index (κ3) is 5.00. The molecule has 0 spiro atoms. The number of ether oxygens (including phenoxy) is 1. The highest BCUT2D eigenvalue weighted by atomic mass is 32.2. The molecule has 0 saturated heterocycles. The Morgan fingerprint density at radius 3 is 2.64 bits per heavy atom. The van der Waals surface area contributed by atoms with Gasteiger partial charge >= 0.3 is 0 Å². The molecule has 0 aromatic heterocycles. The minimum atomic E-state index is -0.0346. The number of nitrogens with two attached hydrogens (primary N) is 1. The first kappa shape index (κ1) is 16.2. The number of amides is 1. The van der Waals surface area contributed by atoms with E-state index in [4.69, 9.17) is 10.5 Å². The number of benzene rings is 2. The van der Waals surface area contributed by atoms with E-state index in [1.807, 2.05) is 55.5 Å². The number of nitrogens with one attached hydrogen (secondary N) is 1. The zero-order chi connectivity index (χ0) is 15.8. The zero-order valence-electron chi connectivity index (χ0n) is 12.5. The van der Waals surface area contributed by atoms with Crippen molar-refractivity contribution in [3.63, 3.8) is 0 Å². The molecule has 5 heteroatoms. The summed E-state index contributed by atoms with van der Waals surface area (Å²) >= 11 is 1.57. The molecule has 2 rings (SSSR count). The summed E-state index contributed by atoms with van der Waals surface area (Å²) in [4.78, 5) is 12.0. The second-order valence-corrected chi connectivity index (χ2v) is 5.70. The van der Waals surface area contributed by atoms with Crippen LogP contribution in [0.5, 0.6) is 5.75 Å². The van der Waals surface area contributed by atoms with Crippen LogP contribution in [0.1, 0.15) is 12.5 Å². The topological polar surface area (TPSA) is 64.3 Å². The molecule has 116 valence electrons. The van der Waals surface area contributed by atoms with Gasteiger partial charge in [-0.25, -0.2) is 0 Å². The largest absolute Gasteiger partial charge is 0.492 e. The van der Waals surface area contributed by atoms with Crippen LogP contribution in [0.25, 0.3) is 0 Å². The molecule has 2 aromatic rings. The zero-order valence-corrected chi connectivity index (χ0v) is 13.4. The van der Waals surface area contributed by atoms with Crippen LogP contribution in [-0.2, 0) is 10.5 Å². The van der Waals surface area contributed by atoms with Crippen molar-refractivity contribution in [3.8, 4) is 5.75 Å². The Hall–Kier alpha value is -2.14. The second-order valence-electron chi connectivity index (χ2n) is 4.71. The predicted molar refractivity (Wildman–Crippen MR) is 93.3 cm³/mol. The fourth-order valence-electron chi connectivity index (χ4n) is 1.91. The van der Waals surface area contributed by atoms with Gasteiger partial charge in [-0.2, -0.15) is 0 Å². The predicted octanol–water partition coefficient (Wildman–Crippen LogP) is 3.54. The summed E-state index contributed by atoms with van der Waals surface area (Å²) in [6, 6.07) is 15.1. The van der Waals surface area contributed by atoms with Gasteiger partial charge in [-0.3, -0.25) is 4.79 Å². The van der Waals surface area contributed by atoms with Gasteiger partial charge in [-0.05, 0) is 36.8 Å². The summed E-state index contributed by atoms with van der Waals surface area (Å²) in [6.07, 6.45) is 0. The number of rotatable bonds is 7. The van der Waals surface area contributed by atoms with Gasteiger partial charge in [-0.1, -0.05) is 24.3 Å². The first-order valence-corrected chi connectivity index (χ1v) is 8.28. The Morgan fingerprint density at radius 2 is 1.91 bits per heavy atom. The van der Waals surface area contributed by atoms with E-state index < -0.39 is 0 Å². The normalized spacial score (nSPS) is 10.2. The molecule has 1 amide bonds. The lowest BCUT2D eigenvalue weighted by Crippen LogP contribution is -2.15. The number of nitrogen functional groups attached to an aromatic ring is 1. The Bertz CT molecular complexity index is 614. The van der Waals surface area contributed by atoms with E-state index in [0.717, 1.165) is 17.0 Å². The molecule has 0 atom stereocenters. The molecular formula is C17H20N2O2S. The van der Waals surface area contributed by atoms with Crippen LogP contribution < -0.4 is 15.8 Å². The average Bonchev–Trinajstić information content (AvgIpc) is 2.51. The summed E-state index contributed by atoms with van der Waals surface area (Å²) in [5.41, 5.74) is 8.26. The third-order valence-electron chi connectivity index (χ3n) is 2.94. The first-order chi connectivity index (χ1) is 10.7. The summed E-state index contributed by atoms with van der Waals surface area (Å²) in [6.45, 7) is 2.49. The molecule has 0 heterocycles. The monoisotopic (exact) mass is 316 g/mol. The van der Waals surface area contributed by atoms with E-state index in [2.05, 4.69) is 5.32 Å². The third-order valence-corrected chi connectivity index (χ3v) is 3.95. The molecule has 0 fully saturated rings. The maximum absolute atomic E-state index is 12.0. The van der Waals surface area contributed by atoms with Crippen LogP contribution in [0.4, 0.5) is 11.4 Å². The van der Waals surface area contributed by atoms with E-state index in [1.54, 1.807) is 11.8 Å². The van der Waals surface area contributed by atoms with Crippen LogP contribution in [0.2, 0.25) is 0 Å². The van der Waals surface area contributed by atoms with Crippen molar-refractivity contribution < 1.29 is 9.53 Å². The standard InChI is InChI=1S/C17H20N2O2S/c1-2-21-16-6-4-3-5-15(16)19-17(20)12-22-11-13-7-9-14(18)10-8-13/h3-10H,2,11-12,18H2,1H3,(H,19,20). The van der Waals surface area contributed by atoms with E-state index in [0.29, 0.717) is 23.8 Å². The Labute approximate surface area is 135 Å². The molecule has 3 N–H and O–H groups in total. The first-order valence-electron chi connectivity index (χ1n) is 7.13. The lowest BCUT2D eigenvalue weighted by atomic mass is 10.2. The lowest BCUT2D eigenvalue weighted by molar-refractivity contribution is -0.113. The molecule has 0 aliphatic heterocycles. The van der Waals surface area contributed by atoms with Crippen molar-refractivity contribution in [2.75, 3.05) is 23.4 Å². The molecule has 0 aliphatic carbocycles. The van der Waals surface area contributed by atoms with Crippen LogP contribution >= 0.6 is 11.8 Å². The van der Waals surface area contributed by atoms with Gasteiger partial charge in [0.2, 0.25) is 5.91 Å². The summed E-state index contributed by atoms with van der Waals surface area (Å²) < 4.78 is 5.49. The van der Waals surface area contributed by atoms with Crippen molar-refractivity contribution in [3.05, 3.63) is 54.1 Å². The minimum Gasteiger partial charge on any atom is -0.492 e. The highest BCUT2D eigenvalue weighted by Crippen LogP contribution is 2.24. The van der Waals surface area contributed by atoms with Crippen molar-refractivity contribution in [2.24, 2.45) is 0 Å². The Balaban J connectivity index is 1.82. The van der Waals surface area contributed by atoms with Crippen molar-refractivity contribution in [2.45, 2.75) is 12.7 Å². The van der Waals surface area contributed by atoms with Crippen LogP contribution in [0.3, 0.4) is 0 Å². The van der Waals surface area contributed by atoms with E-state index >= 15 is 0 Å². The number of thioether (sulfide) groups is 1. The average molecular weight is 316 g/mol. The molecule has 2 aromatic carbocycles. The SMILES string of the molecule is CCOc1ccccc1NC(=O)CSCc1ccc(N)cc1. The van der Waals surface area contributed by atoms with Crippen LogP contribution in [0.15, 0.2) is 48.5 Å². The van der Waals surface area contributed by atoms with Crippen LogP contribution in [0, 0.1) is 0 Å². The van der Waals surface area contributed by atoms with Gasteiger partial charge in [0.05, 0.1) is 18.0 Å². The maximum atomic E-state index is 12.0. The number of hydrogen-bond donors (Lipinski definition) is 2.